The molecule has 0 unspecified atom stereocenters. The van der Waals surface area contributed by atoms with E-state index in [1.54, 1.807) is 42.9 Å². The van der Waals surface area contributed by atoms with E-state index in [0.29, 0.717) is 28.9 Å². The van der Waals surface area contributed by atoms with Crippen LogP contribution in [0.5, 0.6) is 0 Å². The third-order valence-electron chi connectivity index (χ3n) is 5.92. The zero-order chi connectivity index (χ0) is 27.3. The van der Waals surface area contributed by atoms with E-state index in [2.05, 4.69) is 10.3 Å². The van der Waals surface area contributed by atoms with E-state index in [0.717, 1.165) is 24.3 Å². The van der Waals surface area contributed by atoms with Gasteiger partial charge in [0.15, 0.2) is 5.78 Å². The summed E-state index contributed by atoms with van der Waals surface area (Å²) >= 11 is 0. The van der Waals surface area contributed by atoms with Crippen LogP contribution in [0, 0.1) is 13.8 Å². The predicted molar refractivity (Wildman–Crippen MR) is 130 cm³/mol. The van der Waals surface area contributed by atoms with E-state index >= 15 is 0 Å². The fourth-order valence-corrected chi connectivity index (χ4v) is 4.17. The molecule has 0 bridgehead atoms. The van der Waals surface area contributed by atoms with Crippen molar-refractivity contribution in [3.05, 3.63) is 82.4 Å². The number of amides is 2. The van der Waals surface area contributed by atoms with Gasteiger partial charge in [0.2, 0.25) is 0 Å². The summed E-state index contributed by atoms with van der Waals surface area (Å²) in [7, 11) is 1.26. The Bertz CT molecular complexity index is 1290. The molecule has 1 N–H and O–H groups in total. The molecule has 2 amide bonds. The second kappa shape index (κ2) is 11.3. The molecule has 0 radical (unpaired) electrons. The number of rotatable bonds is 8. The fraction of sp³-hybridized carbons (Fsp3) is 0.308. The number of nitrogens with zero attached hydrogens (tertiary/aromatic N) is 3. The molecule has 0 atom stereocenters. The predicted octanol–water partition coefficient (Wildman–Crippen LogP) is 5.24. The number of carbonyl (C=O) groups is 3. The second-order valence-electron chi connectivity index (χ2n) is 8.32. The number of ketones is 1. The van der Waals surface area contributed by atoms with Crippen LogP contribution in [-0.4, -0.2) is 45.9 Å². The molecule has 0 spiro atoms. The Balaban J connectivity index is 1.90. The van der Waals surface area contributed by atoms with Crippen LogP contribution in [0.3, 0.4) is 0 Å². The number of hydrogen-bond acceptors (Lipinski definition) is 5. The van der Waals surface area contributed by atoms with Crippen molar-refractivity contribution in [3.8, 4) is 0 Å². The number of ether oxygens (including phenoxy) is 1. The molecular formula is C26H27F3N4O4. The van der Waals surface area contributed by atoms with Crippen LogP contribution in [0.25, 0.3) is 0 Å². The molecule has 8 nitrogen and oxygen atoms in total. The van der Waals surface area contributed by atoms with Gasteiger partial charge in [-0.15, -0.1) is 0 Å². The molecule has 0 saturated heterocycles. The van der Waals surface area contributed by atoms with E-state index in [1.807, 2.05) is 6.92 Å². The first-order valence-corrected chi connectivity index (χ1v) is 11.4. The van der Waals surface area contributed by atoms with Gasteiger partial charge >= 0.3 is 18.2 Å². The van der Waals surface area contributed by atoms with Crippen molar-refractivity contribution < 1.29 is 32.3 Å². The first kappa shape index (κ1) is 27.4. The van der Waals surface area contributed by atoms with Gasteiger partial charge in [-0.2, -0.15) is 13.2 Å². The highest BCUT2D eigenvalue weighted by Crippen LogP contribution is 2.30. The van der Waals surface area contributed by atoms with Crippen molar-refractivity contribution in [1.29, 1.82) is 0 Å². The van der Waals surface area contributed by atoms with Gasteiger partial charge in [-0.3, -0.25) is 9.78 Å². The topological polar surface area (TPSA) is 93.5 Å². The summed E-state index contributed by atoms with van der Waals surface area (Å²) in [5.74, 6) is -0.979. The van der Waals surface area contributed by atoms with Gasteiger partial charge in [0.25, 0.3) is 0 Å². The number of esters is 1. The van der Waals surface area contributed by atoms with Crippen LogP contribution in [0.15, 0.2) is 48.8 Å². The molecule has 37 heavy (non-hydrogen) atoms. The van der Waals surface area contributed by atoms with E-state index in [9.17, 15) is 27.6 Å². The molecule has 0 aliphatic heterocycles. The lowest BCUT2D eigenvalue weighted by Crippen LogP contribution is -2.38. The van der Waals surface area contributed by atoms with Crippen molar-refractivity contribution in [2.24, 2.45) is 0 Å². The average molecular weight is 517 g/mol. The van der Waals surface area contributed by atoms with E-state index in [-0.39, 0.29) is 24.5 Å². The van der Waals surface area contributed by atoms with Gasteiger partial charge < -0.3 is 19.5 Å². The molecule has 2 heterocycles. The van der Waals surface area contributed by atoms with Crippen molar-refractivity contribution in [3.63, 3.8) is 0 Å². The Morgan fingerprint density at radius 3 is 2.32 bits per heavy atom. The highest BCUT2D eigenvalue weighted by atomic mass is 19.4. The zero-order valence-corrected chi connectivity index (χ0v) is 20.8. The number of halogens is 3. The van der Waals surface area contributed by atoms with Crippen molar-refractivity contribution in [1.82, 2.24) is 14.5 Å². The van der Waals surface area contributed by atoms with Crippen LogP contribution >= 0.6 is 0 Å². The number of aromatic nitrogens is 2. The van der Waals surface area contributed by atoms with Gasteiger partial charge in [-0.25, -0.2) is 9.59 Å². The molecular weight excluding hydrogens is 489 g/mol. The Morgan fingerprint density at radius 1 is 1.11 bits per heavy atom. The molecule has 0 aliphatic carbocycles. The quantitative estimate of drug-likeness (QED) is 0.326. The number of carbonyl (C=O) groups excluding carboxylic acids is 3. The van der Waals surface area contributed by atoms with Crippen LogP contribution < -0.4 is 5.32 Å². The maximum atomic E-state index is 13.5. The maximum Gasteiger partial charge on any atom is 0.416 e. The average Bonchev–Trinajstić information content (AvgIpc) is 3.12. The minimum atomic E-state index is -4.50. The number of pyridine rings is 1. The minimum Gasteiger partial charge on any atom is -0.464 e. The number of methoxy groups -OCH3 is 1. The third-order valence-corrected chi connectivity index (χ3v) is 5.92. The monoisotopic (exact) mass is 516 g/mol. The number of alkyl halides is 3. The first-order valence-electron chi connectivity index (χ1n) is 11.4. The van der Waals surface area contributed by atoms with Gasteiger partial charge in [0.05, 0.1) is 19.2 Å². The van der Waals surface area contributed by atoms with Gasteiger partial charge in [-0.05, 0) is 62.2 Å². The molecule has 0 saturated carbocycles. The van der Waals surface area contributed by atoms with Gasteiger partial charge in [-0.1, -0.05) is 6.07 Å². The summed E-state index contributed by atoms with van der Waals surface area (Å²) in [6.45, 7) is 5.29. The van der Waals surface area contributed by atoms with Gasteiger partial charge in [0.1, 0.15) is 5.69 Å². The second-order valence-corrected chi connectivity index (χ2v) is 8.32. The highest BCUT2D eigenvalue weighted by molar-refractivity contribution is 6.05. The number of benzene rings is 1. The van der Waals surface area contributed by atoms with E-state index < -0.39 is 29.5 Å². The summed E-state index contributed by atoms with van der Waals surface area (Å²) in [6, 6.07) is 6.74. The Labute approximate surface area is 212 Å². The van der Waals surface area contributed by atoms with Crippen LogP contribution in [-0.2, 0) is 24.0 Å². The number of anilines is 1. The number of nitrogens with one attached hydrogen (secondary N) is 1. The molecule has 11 heteroatoms. The Morgan fingerprint density at radius 2 is 1.78 bits per heavy atom. The van der Waals surface area contributed by atoms with Crippen molar-refractivity contribution >= 4 is 23.5 Å². The van der Waals surface area contributed by atoms with Crippen molar-refractivity contribution in [2.75, 3.05) is 19.0 Å². The van der Waals surface area contributed by atoms with E-state index in [4.69, 9.17) is 4.74 Å². The third kappa shape index (κ3) is 6.16. The van der Waals surface area contributed by atoms with Gasteiger partial charge in [0, 0.05) is 42.4 Å². The minimum absolute atomic E-state index is 0.0164. The van der Waals surface area contributed by atoms with Crippen molar-refractivity contribution in [2.45, 2.75) is 40.0 Å². The summed E-state index contributed by atoms with van der Waals surface area (Å²) in [5.41, 5.74) is 1.52. The maximum absolute atomic E-state index is 13.5. The Hall–Kier alpha value is -4.15. The standard InChI is InChI=1S/C26H27F3N4O4/c1-5-33-17(3)22(16(2)23(33)24(35)37-4)21(34)15-32(14-18-7-6-12-30-13-18)25(36)31-20-10-8-19(9-11-20)26(27,28)29/h6-13H,5,14-15H2,1-4H3,(H,31,36). The largest absolute Gasteiger partial charge is 0.464 e. The van der Waals surface area contributed by atoms with Crippen LogP contribution in [0.4, 0.5) is 23.7 Å². The van der Waals surface area contributed by atoms with Crippen LogP contribution in [0.1, 0.15) is 50.2 Å². The molecule has 0 aliphatic rings. The summed E-state index contributed by atoms with van der Waals surface area (Å²) in [5, 5.41) is 2.55. The normalized spacial score (nSPS) is 11.2. The number of urea groups is 1. The molecule has 196 valence electrons. The summed E-state index contributed by atoms with van der Waals surface area (Å²) < 4.78 is 45.2. The molecule has 3 aromatic rings. The molecule has 1 aromatic carbocycles. The fourth-order valence-electron chi connectivity index (χ4n) is 4.17. The summed E-state index contributed by atoms with van der Waals surface area (Å²) in [4.78, 5) is 44.2. The first-order chi connectivity index (χ1) is 17.5. The molecule has 3 rings (SSSR count). The number of hydrogen-bond donors (Lipinski definition) is 1. The molecule has 0 fully saturated rings. The SMILES string of the molecule is CCn1c(C)c(C(=O)CN(Cc2cccnc2)C(=O)Nc2ccc(C(F)(F)F)cc2)c(C)c1C(=O)OC. The smallest absolute Gasteiger partial charge is 0.416 e. The highest BCUT2D eigenvalue weighted by Gasteiger charge is 2.31. The van der Waals surface area contributed by atoms with Crippen LogP contribution in [0.2, 0.25) is 0 Å². The lowest BCUT2D eigenvalue weighted by molar-refractivity contribution is -0.137. The van der Waals surface area contributed by atoms with E-state index in [1.165, 1.54) is 12.0 Å². The molecule has 2 aromatic heterocycles. The summed E-state index contributed by atoms with van der Waals surface area (Å²) in [6.07, 6.45) is -1.40. The zero-order valence-electron chi connectivity index (χ0n) is 20.8. The Kier molecular flexibility index (Phi) is 8.36. The number of Topliss-reactive ketones (excluding diaryl/α,β-unsaturated/α-hetero) is 1. The lowest BCUT2D eigenvalue weighted by Gasteiger charge is -2.23. The lowest BCUT2D eigenvalue weighted by atomic mass is 10.0.